The number of thiazole rings is 1. The molecule has 1 atom stereocenters. The first-order valence-corrected chi connectivity index (χ1v) is 8.61. The number of aliphatic hydroxyl groups is 1. The van der Waals surface area contributed by atoms with Gasteiger partial charge in [-0.2, -0.15) is 0 Å². The average molecular weight is 358 g/mol. The van der Waals surface area contributed by atoms with Crippen molar-refractivity contribution in [3.63, 3.8) is 0 Å². The fourth-order valence-electron chi connectivity index (χ4n) is 2.30. The quantitative estimate of drug-likeness (QED) is 0.717. The number of anilines is 2. The molecular weight excluding hydrogens is 339 g/mol. The van der Waals surface area contributed by atoms with Crippen LogP contribution in [0.2, 0.25) is 0 Å². The third-order valence-electron chi connectivity index (χ3n) is 3.63. The molecule has 2 heterocycles. The number of hydrogen-bond acceptors (Lipinski definition) is 6. The molecule has 1 aromatic carbocycles. The molecular formula is C18H19FN4OS. The monoisotopic (exact) mass is 358 g/mol. The molecule has 0 bridgehead atoms. The summed E-state index contributed by atoms with van der Waals surface area (Å²) in [6.07, 6.45) is 5.16. The van der Waals surface area contributed by atoms with Crippen molar-refractivity contribution >= 4 is 23.0 Å². The van der Waals surface area contributed by atoms with Crippen molar-refractivity contribution in [2.45, 2.75) is 26.4 Å². The Kier molecular flexibility index (Phi) is 4.78. The van der Waals surface area contributed by atoms with Crippen LogP contribution in [0.5, 0.6) is 0 Å². The molecule has 130 valence electrons. The summed E-state index contributed by atoms with van der Waals surface area (Å²) >= 11 is 1.28. The average Bonchev–Trinajstić information content (AvgIpc) is 3.07. The summed E-state index contributed by atoms with van der Waals surface area (Å²) in [4.78, 5) is 13.5. The predicted octanol–water partition coefficient (Wildman–Crippen LogP) is 4.14. The Labute approximate surface area is 149 Å². The van der Waals surface area contributed by atoms with Crippen LogP contribution in [0.25, 0.3) is 10.4 Å². The number of aryl methyl sites for hydroxylation is 2. The third kappa shape index (κ3) is 4.00. The number of nitrogens with one attached hydrogen (secondary N) is 1. The molecule has 0 saturated heterocycles. The van der Waals surface area contributed by atoms with Crippen molar-refractivity contribution < 1.29 is 9.50 Å². The van der Waals surface area contributed by atoms with E-state index >= 15 is 0 Å². The van der Waals surface area contributed by atoms with E-state index in [0.29, 0.717) is 11.0 Å². The topological polar surface area (TPSA) is 70.9 Å². The highest BCUT2D eigenvalue weighted by atomic mass is 32.1. The molecule has 0 saturated carbocycles. The molecule has 0 aliphatic heterocycles. The van der Waals surface area contributed by atoms with Crippen LogP contribution in [0.4, 0.5) is 16.0 Å². The number of hydrogen-bond donors (Lipinski definition) is 2. The van der Waals surface area contributed by atoms with Gasteiger partial charge in [-0.3, -0.25) is 0 Å². The zero-order valence-corrected chi connectivity index (χ0v) is 15.1. The summed E-state index contributed by atoms with van der Waals surface area (Å²) in [5.41, 5.74) is 2.29. The van der Waals surface area contributed by atoms with Crippen LogP contribution in [0.1, 0.15) is 23.1 Å². The van der Waals surface area contributed by atoms with Crippen LogP contribution < -0.4 is 5.32 Å². The molecule has 3 aromatic rings. The van der Waals surface area contributed by atoms with Crippen molar-refractivity contribution in [2.24, 2.45) is 0 Å². The van der Waals surface area contributed by atoms with Crippen molar-refractivity contribution in [1.82, 2.24) is 15.0 Å². The summed E-state index contributed by atoms with van der Waals surface area (Å²) in [7, 11) is 0. The Balaban J connectivity index is 1.90. The molecule has 7 heteroatoms. The molecule has 0 fully saturated rings. The van der Waals surface area contributed by atoms with Crippen LogP contribution in [-0.2, 0) is 5.60 Å². The molecule has 2 aromatic heterocycles. The minimum Gasteiger partial charge on any atom is -0.380 e. The highest BCUT2D eigenvalue weighted by molar-refractivity contribution is 7.15. The van der Waals surface area contributed by atoms with Gasteiger partial charge in [0.05, 0.1) is 4.88 Å². The first kappa shape index (κ1) is 17.4. The number of benzene rings is 1. The van der Waals surface area contributed by atoms with E-state index in [1.807, 2.05) is 32.0 Å². The molecule has 1 unspecified atom stereocenters. The maximum Gasteiger partial charge on any atom is 0.227 e. The molecule has 0 radical (unpaired) electrons. The van der Waals surface area contributed by atoms with Gasteiger partial charge < -0.3 is 10.4 Å². The minimum atomic E-state index is -1.55. The van der Waals surface area contributed by atoms with Gasteiger partial charge in [-0.15, -0.1) is 11.3 Å². The maximum atomic E-state index is 13.0. The van der Waals surface area contributed by atoms with Crippen LogP contribution in [-0.4, -0.2) is 26.7 Å². The molecule has 2 N–H and O–H groups in total. The third-order valence-corrected chi connectivity index (χ3v) is 4.93. The lowest BCUT2D eigenvalue weighted by atomic mass is 10.1. The Morgan fingerprint density at radius 1 is 1.08 bits per heavy atom. The minimum absolute atomic E-state index is 0.364. The van der Waals surface area contributed by atoms with Crippen molar-refractivity contribution in [2.75, 3.05) is 12.0 Å². The van der Waals surface area contributed by atoms with E-state index in [-0.39, 0.29) is 0 Å². The zero-order valence-electron chi connectivity index (χ0n) is 14.2. The van der Waals surface area contributed by atoms with Gasteiger partial charge in [-0.25, -0.2) is 19.3 Å². The molecule has 25 heavy (non-hydrogen) atoms. The normalized spacial score (nSPS) is 13.5. The lowest BCUT2D eigenvalue weighted by Crippen LogP contribution is -2.23. The Bertz CT molecular complexity index is 877. The fraction of sp³-hybridized carbons (Fsp3) is 0.278. The van der Waals surface area contributed by atoms with Crippen molar-refractivity contribution in [3.8, 4) is 10.4 Å². The first-order chi connectivity index (χ1) is 11.9. The van der Waals surface area contributed by atoms with Crippen molar-refractivity contribution in [1.29, 1.82) is 0 Å². The van der Waals surface area contributed by atoms with E-state index in [2.05, 4.69) is 20.3 Å². The summed E-state index contributed by atoms with van der Waals surface area (Å²) in [5, 5.41) is 13.6. The lowest BCUT2D eigenvalue weighted by Gasteiger charge is -2.15. The second-order valence-electron chi connectivity index (χ2n) is 6.23. The van der Waals surface area contributed by atoms with Gasteiger partial charge in [-0.1, -0.05) is 6.07 Å². The first-order valence-electron chi connectivity index (χ1n) is 7.80. The van der Waals surface area contributed by atoms with Gasteiger partial charge in [-0.05, 0) is 49.6 Å². The SMILES string of the molecule is Cc1cnc(Nc2cc(C)cc(-c3cnc(C(C)(O)CF)s3)c2)nc1. The number of alkyl halides is 1. The molecule has 0 spiro atoms. The summed E-state index contributed by atoms with van der Waals surface area (Å²) < 4.78 is 13.0. The number of rotatable bonds is 5. The summed E-state index contributed by atoms with van der Waals surface area (Å²) in [5.74, 6) is 0.521. The number of nitrogens with zero attached hydrogens (tertiary/aromatic N) is 3. The van der Waals surface area contributed by atoms with Crippen molar-refractivity contribution in [3.05, 3.63) is 52.9 Å². The fourth-order valence-corrected chi connectivity index (χ4v) is 3.23. The van der Waals surface area contributed by atoms with Crippen LogP contribution in [0, 0.1) is 13.8 Å². The van der Waals surface area contributed by atoms with E-state index in [1.54, 1.807) is 18.6 Å². The molecule has 0 aliphatic rings. The molecule has 0 amide bonds. The van der Waals surface area contributed by atoms with E-state index in [1.165, 1.54) is 18.3 Å². The Hall–Kier alpha value is -2.38. The smallest absolute Gasteiger partial charge is 0.227 e. The highest BCUT2D eigenvalue weighted by Gasteiger charge is 2.27. The number of aromatic nitrogens is 3. The predicted molar refractivity (Wildman–Crippen MR) is 97.9 cm³/mol. The van der Waals surface area contributed by atoms with E-state index in [0.717, 1.165) is 27.3 Å². The van der Waals surface area contributed by atoms with Gasteiger partial charge in [0.25, 0.3) is 0 Å². The van der Waals surface area contributed by atoms with E-state index < -0.39 is 12.3 Å². The zero-order chi connectivity index (χ0) is 18.0. The van der Waals surface area contributed by atoms with Gasteiger partial charge >= 0.3 is 0 Å². The van der Waals surface area contributed by atoms with E-state index in [9.17, 15) is 9.50 Å². The molecule has 0 aliphatic carbocycles. The number of halogens is 1. The Morgan fingerprint density at radius 2 is 1.80 bits per heavy atom. The standard InChI is InChI=1S/C18H19FN4OS/c1-11-4-13(15-9-20-16(25-15)18(3,24)10-19)6-14(5-11)23-17-21-7-12(2)8-22-17/h4-9,24H,10H2,1-3H3,(H,21,22,23). The van der Waals surface area contributed by atoms with Crippen LogP contribution in [0.15, 0.2) is 36.8 Å². The summed E-state index contributed by atoms with van der Waals surface area (Å²) in [6, 6.07) is 5.96. The van der Waals surface area contributed by atoms with E-state index in [4.69, 9.17) is 0 Å². The van der Waals surface area contributed by atoms with Gasteiger partial charge in [0, 0.05) is 24.3 Å². The summed E-state index contributed by atoms with van der Waals surface area (Å²) in [6.45, 7) is 4.48. The van der Waals surface area contributed by atoms with Gasteiger partial charge in [0.1, 0.15) is 17.3 Å². The highest BCUT2D eigenvalue weighted by Crippen LogP contribution is 2.34. The molecule has 5 nitrogen and oxygen atoms in total. The molecule has 3 rings (SSSR count). The Morgan fingerprint density at radius 3 is 2.48 bits per heavy atom. The second kappa shape index (κ2) is 6.85. The van der Waals surface area contributed by atoms with Gasteiger partial charge in [0.15, 0.2) is 0 Å². The largest absolute Gasteiger partial charge is 0.380 e. The van der Waals surface area contributed by atoms with Gasteiger partial charge in [0.2, 0.25) is 5.95 Å². The van der Waals surface area contributed by atoms with Crippen LogP contribution >= 0.6 is 11.3 Å². The van der Waals surface area contributed by atoms with Crippen LogP contribution in [0.3, 0.4) is 0 Å². The second-order valence-corrected chi connectivity index (χ2v) is 7.26. The lowest BCUT2D eigenvalue weighted by molar-refractivity contribution is 0.0297. The maximum absolute atomic E-state index is 13.0.